The van der Waals surface area contributed by atoms with Crippen molar-refractivity contribution in [3.8, 4) is 0 Å². The Morgan fingerprint density at radius 3 is 2.74 bits per heavy atom. The van der Waals surface area contributed by atoms with Crippen molar-refractivity contribution in [2.45, 2.75) is 26.4 Å². The van der Waals surface area contributed by atoms with Crippen molar-refractivity contribution >= 4 is 31.9 Å². The fraction of sp³-hybridized carbons (Fsp3) is 0.267. The Bertz CT molecular complexity index is 570. The summed E-state index contributed by atoms with van der Waals surface area (Å²) in [6, 6.07) is 10.9. The highest BCUT2D eigenvalue weighted by Crippen LogP contribution is 2.20. The van der Waals surface area contributed by atoms with Gasteiger partial charge in [0, 0.05) is 27.7 Å². The summed E-state index contributed by atoms with van der Waals surface area (Å²) in [5, 5.41) is 3.49. The van der Waals surface area contributed by atoms with Gasteiger partial charge in [-0.25, -0.2) is 0 Å². The van der Waals surface area contributed by atoms with Gasteiger partial charge in [-0.2, -0.15) is 0 Å². The van der Waals surface area contributed by atoms with Gasteiger partial charge in [0.25, 0.3) is 0 Å². The lowest BCUT2D eigenvalue weighted by Crippen LogP contribution is -2.19. The summed E-state index contributed by atoms with van der Waals surface area (Å²) in [6.45, 7) is 5.02. The van der Waals surface area contributed by atoms with Crippen LogP contribution in [0.15, 0.2) is 45.5 Å². The molecular weight excluding hydrogens is 368 g/mol. The Morgan fingerprint density at radius 1 is 1.26 bits per heavy atom. The van der Waals surface area contributed by atoms with E-state index in [1.807, 2.05) is 12.3 Å². The quantitative estimate of drug-likeness (QED) is 0.822. The van der Waals surface area contributed by atoms with Crippen molar-refractivity contribution < 1.29 is 0 Å². The van der Waals surface area contributed by atoms with Gasteiger partial charge in [0.15, 0.2) is 0 Å². The maximum absolute atomic E-state index is 4.40. The van der Waals surface area contributed by atoms with E-state index in [9.17, 15) is 0 Å². The summed E-state index contributed by atoms with van der Waals surface area (Å²) in [5.41, 5.74) is 3.60. The number of aromatic nitrogens is 1. The van der Waals surface area contributed by atoms with Crippen LogP contribution in [-0.2, 0) is 6.54 Å². The molecule has 0 amide bonds. The van der Waals surface area contributed by atoms with E-state index < -0.39 is 0 Å². The molecule has 0 bridgehead atoms. The molecule has 0 fully saturated rings. The molecule has 2 nitrogen and oxygen atoms in total. The number of rotatable bonds is 4. The Labute approximate surface area is 130 Å². The molecule has 4 heteroatoms. The normalized spacial score (nSPS) is 12.4. The van der Waals surface area contributed by atoms with E-state index in [0.717, 1.165) is 21.2 Å². The van der Waals surface area contributed by atoms with Gasteiger partial charge in [-0.3, -0.25) is 4.98 Å². The third-order valence-corrected chi connectivity index (χ3v) is 4.12. The minimum atomic E-state index is 0.303. The minimum absolute atomic E-state index is 0.303. The van der Waals surface area contributed by atoms with E-state index in [4.69, 9.17) is 0 Å². The van der Waals surface area contributed by atoms with Crippen LogP contribution in [0.25, 0.3) is 0 Å². The van der Waals surface area contributed by atoms with Crippen LogP contribution in [-0.4, -0.2) is 4.98 Å². The number of nitrogens with one attached hydrogen (secondary N) is 1. The number of aryl methyl sites for hydroxylation is 1. The van der Waals surface area contributed by atoms with Crippen LogP contribution in [0.3, 0.4) is 0 Å². The zero-order chi connectivity index (χ0) is 13.8. The number of hydrogen-bond acceptors (Lipinski definition) is 2. The summed E-state index contributed by atoms with van der Waals surface area (Å²) in [4.78, 5) is 4.40. The molecule has 1 atom stereocenters. The topological polar surface area (TPSA) is 24.9 Å². The third kappa shape index (κ3) is 4.13. The summed E-state index contributed by atoms with van der Waals surface area (Å²) in [6.07, 6.45) is 1.82. The molecular formula is C15H16Br2N2. The second kappa shape index (κ2) is 6.64. The molecule has 1 N–H and O–H groups in total. The Balaban J connectivity index is 2.02. The number of hydrogen-bond donors (Lipinski definition) is 1. The number of nitrogens with zero attached hydrogens (tertiary/aromatic N) is 1. The molecule has 2 aromatic rings. The lowest BCUT2D eigenvalue weighted by Gasteiger charge is -2.15. The monoisotopic (exact) mass is 382 g/mol. The van der Waals surface area contributed by atoms with Gasteiger partial charge in [-0.15, -0.1) is 0 Å². The molecule has 1 aromatic heterocycles. The largest absolute Gasteiger partial charge is 0.305 e. The van der Waals surface area contributed by atoms with Gasteiger partial charge in [0.05, 0.1) is 5.69 Å². The molecule has 1 heterocycles. The van der Waals surface area contributed by atoms with Crippen molar-refractivity contribution in [2.24, 2.45) is 0 Å². The van der Waals surface area contributed by atoms with Crippen LogP contribution in [0.2, 0.25) is 0 Å². The lowest BCUT2D eigenvalue weighted by atomic mass is 10.1. The molecule has 2 rings (SSSR count). The van der Waals surface area contributed by atoms with Crippen LogP contribution in [0.4, 0.5) is 0 Å². The smallest absolute Gasteiger partial charge is 0.0684 e. The summed E-state index contributed by atoms with van der Waals surface area (Å²) >= 11 is 6.94. The number of benzene rings is 1. The molecule has 0 saturated carbocycles. The SMILES string of the molecule is Cc1cccc([C@H](C)NCc2ncc(Br)cc2Br)c1. The van der Waals surface area contributed by atoms with Crippen molar-refractivity contribution in [2.75, 3.05) is 0 Å². The highest BCUT2D eigenvalue weighted by atomic mass is 79.9. The lowest BCUT2D eigenvalue weighted by molar-refractivity contribution is 0.566. The molecule has 0 aliphatic carbocycles. The van der Waals surface area contributed by atoms with Gasteiger partial charge in [0.2, 0.25) is 0 Å². The molecule has 1 aromatic carbocycles. The average molecular weight is 384 g/mol. The fourth-order valence-corrected chi connectivity index (χ4v) is 3.01. The van der Waals surface area contributed by atoms with Gasteiger partial charge < -0.3 is 5.32 Å². The van der Waals surface area contributed by atoms with Crippen LogP contribution >= 0.6 is 31.9 Å². The summed E-state index contributed by atoms with van der Waals surface area (Å²) in [5.74, 6) is 0. The van der Waals surface area contributed by atoms with Crippen molar-refractivity contribution in [3.05, 3.63) is 62.3 Å². The Morgan fingerprint density at radius 2 is 2.05 bits per heavy atom. The predicted octanol–water partition coefficient (Wildman–Crippen LogP) is 4.77. The Kier molecular flexibility index (Phi) is 5.13. The first kappa shape index (κ1) is 14.7. The predicted molar refractivity (Wildman–Crippen MR) is 86.1 cm³/mol. The highest BCUT2D eigenvalue weighted by Gasteiger charge is 2.07. The Hall–Kier alpha value is -0.710. The van der Waals surface area contributed by atoms with E-state index in [2.05, 4.69) is 80.3 Å². The van der Waals surface area contributed by atoms with Gasteiger partial charge >= 0.3 is 0 Å². The minimum Gasteiger partial charge on any atom is -0.305 e. The molecule has 100 valence electrons. The van der Waals surface area contributed by atoms with E-state index in [-0.39, 0.29) is 0 Å². The first-order chi connectivity index (χ1) is 9.06. The average Bonchev–Trinajstić information content (AvgIpc) is 2.37. The first-order valence-electron chi connectivity index (χ1n) is 6.16. The molecule has 19 heavy (non-hydrogen) atoms. The fourth-order valence-electron chi connectivity index (χ4n) is 1.88. The molecule has 0 radical (unpaired) electrons. The van der Waals surface area contributed by atoms with E-state index in [1.54, 1.807) is 0 Å². The number of halogens is 2. The van der Waals surface area contributed by atoms with Gasteiger partial charge in [-0.05, 0) is 57.3 Å². The third-order valence-electron chi connectivity index (χ3n) is 3.00. The zero-order valence-electron chi connectivity index (χ0n) is 11.0. The van der Waals surface area contributed by atoms with Gasteiger partial charge in [-0.1, -0.05) is 29.8 Å². The van der Waals surface area contributed by atoms with E-state index >= 15 is 0 Å². The van der Waals surface area contributed by atoms with E-state index in [1.165, 1.54) is 11.1 Å². The number of pyridine rings is 1. The van der Waals surface area contributed by atoms with Crippen LogP contribution in [0, 0.1) is 6.92 Å². The van der Waals surface area contributed by atoms with Crippen LogP contribution in [0.1, 0.15) is 29.8 Å². The summed E-state index contributed by atoms with van der Waals surface area (Å²) in [7, 11) is 0. The van der Waals surface area contributed by atoms with Crippen LogP contribution in [0.5, 0.6) is 0 Å². The molecule has 0 saturated heterocycles. The molecule has 0 unspecified atom stereocenters. The zero-order valence-corrected chi connectivity index (χ0v) is 14.1. The first-order valence-corrected chi connectivity index (χ1v) is 7.74. The second-order valence-electron chi connectivity index (χ2n) is 4.60. The van der Waals surface area contributed by atoms with Gasteiger partial charge in [0.1, 0.15) is 0 Å². The molecule has 0 spiro atoms. The summed E-state index contributed by atoms with van der Waals surface area (Å²) < 4.78 is 2.00. The molecule has 0 aliphatic rings. The maximum Gasteiger partial charge on any atom is 0.0684 e. The highest BCUT2D eigenvalue weighted by molar-refractivity contribution is 9.11. The second-order valence-corrected chi connectivity index (χ2v) is 6.37. The van der Waals surface area contributed by atoms with E-state index in [0.29, 0.717) is 6.04 Å². The van der Waals surface area contributed by atoms with Crippen LogP contribution < -0.4 is 5.32 Å². The van der Waals surface area contributed by atoms with Crippen molar-refractivity contribution in [1.29, 1.82) is 0 Å². The van der Waals surface area contributed by atoms with Crippen molar-refractivity contribution in [3.63, 3.8) is 0 Å². The van der Waals surface area contributed by atoms with Crippen molar-refractivity contribution in [1.82, 2.24) is 10.3 Å². The maximum atomic E-state index is 4.40. The molecule has 0 aliphatic heterocycles. The standard InChI is InChI=1S/C15H16Br2N2/c1-10-4-3-5-12(6-10)11(2)18-9-15-14(17)7-13(16)8-19-15/h3-8,11,18H,9H2,1-2H3/t11-/m0/s1.